The molecule has 0 saturated carbocycles. The van der Waals surface area contributed by atoms with Crippen molar-refractivity contribution in [3.63, 3.8) is 0 Å². The molecular weight excluding hydrogens is 289 g/mol. The van der Waals surface area contributed by atoms with Crippen LogP contribution in [0.4, 0.5) is 0 Å². The molecule has 0 saturated heterocycles. The molecule has 2 heterocycles. The lowest BCUT2D eigenvalue weighted by Crippen LogP contribution is -2.21. The Labute approximate surface area is 108 Å². The molecule has 5 heteroatoms. The molecule has 86 valence electrons. The Hall–Kier alpha value is -0.580. The van der Waals surface area contributed by atoms with E-state index in [1.807, 2.05) is 22.9 Å². The number of rotatable bonds is 3. The molecule has 3 nitrogen and oxygen atoms in total. The van der Waals surface area contributed by atoms with Crippen molar-refractivity contribution in [2.24, 2.45) is 0 Å². The summed E-state index contributed by atoms with van der Waals surface area (Å²) in [6.07, 6.45) is 3.84. The highest BCUT2D eigenvalue weighted by molar-refractivity contribution is 9.10. The lowest BCUT2D eigenvalue weighted by atomic mass is 10.3. The predicted octanol–water partition coefficient (Wildman–Crippen LogP) is 3.25. The van der Waals surface area contributed by atoms with Crippen LogP contribution in [0.15, 0.2) is 22.9 Å². The van der Waals surface area contributed by atoms with Crippen LogP contribution >= 0.6 is 27.5 Å². The quantitative estimate of drug-likeness (QED) is 0.943. The number of hydrogen-bond acceptors (Lipinski definition) is 2. The first kappa shape index (κ1) is 11.9. The van der Waals surface area contributed by atoms with Crippen molar-refractivity contribution in [3.8, 4) is 0 Å². The molecule has 0 unspecified atom stereocenters. The molecule has 0 amide bonds. The molecule has 0 aliphatic heterocycles. The standard InChI is InChI=1S/C11H13BrClN3/c1-7(2)14-4-9-6-16-5-8(13)3-10(12)11(16)15-9/h3,5-7,14H,4H2,1-2H3. The molecule has 2 aromatic heterocycles. The van der Waals surface area contributed by atoms with Gasteiger partial charge in [0.1, 0.15) is 0 Å². The van der Waals surface area contributed by atoms with E-state index in [0.29, 0.717) is 11.1 Å². The van der Waals surface area contributed by atoms with Gasteiger partial charge in [-0.2, -0.15) is 0 Å². The fourth-order valence-electron chi connectivity index (χ4n) is 1.47. The Kier molecular flexibility index (Phi) is 3.52. The SMILES string of the molecule is CC(C)NCc1cn2cc(Cl)cc(Br)c2n1. The van der Waals surface area contributed by atoms with E-state index in [1.165, 1.54) is 0 Å². The molecule has 0 aliphatic rings. The van der Waals surface area contributed by atoms with Crippen LogP contribution in [0.5, 0.6) is 0 Å². The zero-order chi connectivity index (χ0) is 11.7. The summed E-state index contributed by atoms with van der Waals surface area (Å²) in [5.41, 5.74) is 1.90. The number of halogens is 2. The van der Waals surface area contributed by atoms with Gasteiger partial charge in [0.2, 0.25) is 0 Å². The van der Waals surface area contributed by atoms with Crippen molar-refractivity contribution < 1.29 is 0 Å². The van der Waals surface area contributed by atoms with E-state index in [-0.39, 0.29) is 0 Å². The molecule has 2 rings (SSSR count). The minimum atomic E-state index is 0.455. The van der Waals surface area contributed by atoms with Crippen molar-refractivity contribution in [2.75, 3.05) is 0 Å². The fraction of sp³-hybridized carbons (Fsp3) is 0.364. The average molecular weight is 303 g/mol. The van der Waals surface area contributed by atoms with Crippen molar-refractivity contribution in [1.29, 1.82) is 0 Å². The van der Waals surface area contributed by atoms with E-state index in [4.69, 9.17) is 11.6 Å². The minimum absolute atomic E-state index is 0.455. The van der Waals surface area contributed by atoms with E-state index >= 15 is 0 Å². The summed E-state index contributed by atoms with van der Waals surface area (Å²) in [5.74, 6) is 0. The first-order valence-corrected chi connectivity index (χ1v) is 6.29. The van der Waals surface area contributed by atoms with Crippen LogP contribution < -0.4 is 5.32 Å². The molecule has 0 aromatic carbocycles. The highest BCUT2D eigenvalue weighted by atomic mass is 79.9. The Morgan fingerprint density at radius 3 is 2.94 bits per heavy atom. The Bertz CT molecular complexity index is 507. The van der Waals surface area contributed by atoms with E-state index in [0.717, 1.165) is 22.4 Å². The maximum Gasteiger partial charge on any atom is 0.151 e. The Morgan fingerprint density at radius 1 is 1.50 bits per heavy atom. The summed E-state index contributed by atoms with van der Waals surface area (Å²) in [4.78, 5) is 4.52. The summed E-state index contributed by atoms with van der Waals surface area (Å²) in [6, 6.07) is 2.31. The number of aromatic nitrogens is 2. The second-order valence-corrected chi connectivity index (χ2v) is 5.30. The number of nitrogens with zero attached hydrogens (tertiary/aromatic N) is 2. The highest BCUT2D eigenvalue weighted by Crippen LogP contribution is 2.22. The first-order chi connectivity index (χ1) is 7.56. The third-order valence-corrected chi connectivity index (χ3v) is 3.00. The summed E-state index contributed by atoms with van der Waals surface area (Å²) in [6.45, 7) is 4.99. The third kappa shape index (κ3) is 2.56. The van der Waals surface area contributed by atoms with Crippen molar-refractivity contribution >= 4 is 33.2 Å². The maximum absolute atomic E-state index is 5.97. The minimum Gasteiger partial charge on any atom is -0.309 e. The Balaban J connectivity index is 2.33. The highest BCUT2D eigenvalue weighted by Gasteiger charge is 2.06. The maximum atomic E-state index is 5.97. The number of hydrogen-bond donors (Lipinski definition) is 1. The second kappa shape index (κ2) is 4.73. The van der Waals surface area contributed by atoms with Gasteiger partial charge in [0.05, 0.1) is 15.2 Å². The van der Waals surface area contributed by atoms with Crippen LogP contribution in [0.3, 0.4) is 0 Å². The van der Waals surface area contributed by atoms with Gasteiger partial charge < -0.3 is 9.72 Å². The van der Waals surface area contributed by atoms with Gasteiger partial charge in [-0.15, -0.1) is 0 Å². The average Bonchev–Trinajstić information content (AvgIpc) is 2.57. The topological polar surface area (TPSA) is 29.3 Å². The lowest BCUT2D eigenvalue weighted by molar-refractivity contribution is 0.583. The van der Waals surface area contributed by atoms with Gasteiger partial charge in [-0.05, 0) is 22.0 Å². The number of pyridine rings is 1. The van der Waals surface area contributed by atoms with Crippen LogP contribution in [0, 0.1) is 0 Å². The summed E-state index contributed by atoms with van der Waals surface area (Å²) in [5, 5.41) is 4.03. The van der Waals surface area contributed by atoms with Gasteiger partial charge in [-0.25, -0.2) is 4.98 Å². The third-order valence-electron chi connectivity index (χ3n) is 2.21. The molecule has 16 heavy (non-hydrogen) atoms. The Morgan fingerprint density at radius 2 is 2.25 bits per heavy atom. The normalized spacial score (nSPS) is 11.6. The largest absolute Gasteiger partial charge is 0.309 e. The zero-order valence-electron chi connectivity index (χ0n) is 9.17. The number of imidazole rings is 1. The summed E-state index contributed by atoms with van der Waals surface area (Å²) in [7, 11) is 0. The number of fused-ring (bicyclic) bond motifs is 1. The molecule has 2 aromatic rings. The van der Waals surface area contributed by atoms with E-state index in [1.54, 1.807) is 0 Å². The molecular formula is C11H13BrClN3. The fourth-order valence-corrected chi connectivity index (χ4v) is 2.36. The van der Waals surface area contributed by atoms with Crippen LogP contribution in [-0.4, -0.2) is 15.4 Å². The molecule has 0 bridgehead atoms. The van der Waals surface area contributed by atoms with Gasteiger partial charge in [0, 0.05) is 25.0 Å². The lowest BCUT2D eigenvalue weighted by Gasteiger charge is -2.04. The van der Waals surface area contributed by atoms with Gasteiger partial charge >= 0.3 is 0 Å². The molecule has 0 radical (unpaired) electrons. The van der Waals surface area contributed by atoms with Crippen LogP contribution in [0.1, 0.15) is 19.5 Å². The first-order valence-electron chi connectivity index (χ1n) is 5.12. The number of nitrogens with one attached hydrogen (secondary N) is 1. The van der Waals surface area contributed by atoms with Crippen LogP contribution in [0.2, 0.25) is 5.02 Å². The van der Waals surface area contributed by atoms with E-state index in [9.17, 15) is 0 Å². The van der Waals surface area contributed by atoms with Gasteiger partial charge in [-0.3, -0.25) is 0 Å². The van der Waals surface area contributed by atoms with E-state index < -0.39 is 0 Å². The predicted molar refractivity (Wildman–Crippen MR) is 69.9 cm³/mol. The molecule has 0 aliphatic carbocycles. The van der Waals surface area contributed by atoms with Crippen molar-refractivity contribution in [3.05, 3.63) is 33.6 Å². The van der Waals surface area contributed by atoms with Gasteiger partial charge in [0.25, 0.3) is 0 Å². The summed E-state index contributed by atoms with van der Waals surface area (Å²) < 4.78 is 2.85. The summed E-state index contributed by atoms with van der Waals surface area (Å²) >= 11 is 9.42. The van der Waals surface area contributed by atoms with Crippen LogP contribution in [-0.2, 0) is 6.54 Å². The second-order valence-electron chi connectivity index (χ2n) is 4.00. The van der Waals surface area contributed by atoms with Crippen LogP contribution in [0.25, 0.3) is 5.65 Å². The molecule has 0 spiro atoms. The van der Waals surface area contributed by atoms with Gasteiger partial charge in [-0.1, -0.05) is 25.4 Å². The monoisotopic (exact) mass is 301 g/mol. The molecule has 0 atom stereocenters. The zero-order valence-corrected chi connectivity index (χ0v) is 11.5. The van der Waals surface area contributed by atoms with Gasteiger partial charge in [0.15, 0.2) is 5.65 Å². The molecule has 1 N–H and O–H groups in total. The molecule has 0 fully saturated rings. The van der Waals surface area contributed by atoms with Crippen molar-refractivity contribution in [1.82, 2.24) is 14.7 Å². The van der Waals surface area contributed by atoms with E-state index in [2.05, 4.69) is 40.1 Å². The smallest absolute Gasteiger partial charge is 0.151 e. The van der Waals surface area contributed by atoms with Crippen molar-refractivity contribution in [2.45, 2.75) is 26.4 Å².